The largest absolute Gasteiger partial charge is 0.396 e. The van der Waals surface area contributed by atoms with Gasteiger partial charge in [-0.25, -0.2) is 4.68 Å². The molecular weight excluding hydrogens is 242 g/mol. The van der Waals surface area contributed by atoms with Gasteiger partial charge in [0.1, 0.15) is 0 Å². The number of aliphatic hydroxyl groups excluding tert-OH is 1. The average molecular weight is 265 g/mol. The van der Waals surface area contributed by atoms with Crippen molar-refractivity contribution in [2.75, 3.05) is 18.5 Å². The molecule has 0 amide bonds. The van der Waals surface area contributed by atoms with E-state index < -0.39 is 0 Å². The minimum Gasteiger partial charge on any atom is -0.396 e. The molecule has 0 spiro atoms. The van der Waals surface area contributed by atoms with Crippen LogP contribution in [0, 0.1) is 5.92 Å². The SMILES string of the molecule is O=c1cc(NCC2CC2)cnn1CCCCCCO. The van der Waals surface area contributed by atoms with Gasteiger partial charge in [-0.1, -0.05) is 12.8 Å². The summed E-state index contributed by atoms with van der Waals surface area (Å²) in [5.41, 5.74) is 0.788. The van der Waals surface area contributed by atoms with E-state index in [4.69, 9.17) is 5.11 Å². The summed E-state index contributed by atoms with van der Waals surface area (Å²) in [6.07, 6.45) is 8.13. The van der Waals surface area contributed by atoms with Crippen LogP contribution in [0.15, 0.2) is 17.1 Å². The molecule has 0 unspecified atom stereocenters. The predicted octanol–water partition coefficient (Wildman–Crippen LogP) is 1.62. The van der Waals surface area contributed by atoms with E-state index in [0.717, 1.165) is 43.8 Å². The molecule has 0 aliphatic heterocycles. The third-order valence-electron chi connectivity index (χ3n) is 3.44. The molecule has 2 rings (SSSR count). The highest BCUT2D eigenvalue weighted by Gasteiger charge is 2.20. The van der Waals surface area contributed by atoms with Crippen LogP contribution < -0.4 is 10.9 Å². The Morgan fingerprint density at radius 3 is 2.79 bits per heavy atom. The molecule has 0 bridgehead atoms. The average Bonchev–Trinajstić information content (AvgIpc) is 3.22. The Morgan fingerprint density at radius 2 is 2.11 bits per heavy atom. The van der Waals surface area contributed by atoms with Gasteiger partial charge < -0.3 is 10.4 Å². The summed E-state index contributed by atoms with van der Waals surface area (Å²) in [6.45, 7) is 1.86. The van der Waals surface area contributed by atoms with Crippen LogP contribution in [-0.4, -0.2) is 28.0 Å². The van der Waals surface area contributed by atoms with Crippen molar-refractivity contribution in [3.8, 4) is 0 Å². The molecule has 1 saturated carbocycles. The fraction of sp³-hybridized carbons (Fsp3) is 0.714. The Kier molecular flexibility index (Phi) is 5.39. The standard InChI is InChI=1S/C14H23N3O2/c18-8-4-2-1-3-7-17-14(19)9-13(11-16-17)15-10-12-5-6-12/h9,11-12,15,18H,1-8,10H2. The molecule has 19 heavy (non-hydrogen) atoms. The number of aryl methyl sites for hydroxylation is 1. The maximum absolute atomic E-state index is 11.8. The van der Waals surface area contributed by atoms with Crippen LogP contribution in [0.4, 0.5) is 5.69 Å². The number of hydrogen-bond acceptors (Lipinski definition) is 4. The molecule has 1 aliphatic rings. The Labute approximate surface area is 113 Å². The van der Waals surface area contributed by atoms with E-state index in [1.54, 1.807) is 12.3 Å². The lowest BCUT2D eigenvalue weighted by molar-refractivity contribution is 0.282. The van der Waals surface area contributed by atoms with Crippen LogP contribution in [0.25, 0.3) is 0 Å². The van der Waals surface area contributed by atoms with Crippen LogP contribution in [0.2, 0.25) is 0 Å². The highest BCUT2D eigenvalue weighted by atomic mass is 16.2. The smallest absolute Gasteiger partial charge is 0.268 e. The van der Waals surface area contributed by atoms with Crippen molar-refractivity contribution >= 4 is 5.69 Å². The molecule has 5 nitrogen and oxygen atoms in total. The first-order valence-corrected chi connectivity index (χ1v) is 7.21. The number of unbranched alkanes of at least 4 members (excludes halogenated alkanes) is 3. The van der Waals surface area contributed by atoms with E-state index >= 15 is 0 Å². The van der Waals surface area contributed by atoms with Crippen molar-refractivity contribution in [1.29, 1.82) is 0 Å². The molecule has 1 aromatic heterocycles. The Balaban J connectivity index is 1.75. The van der Waals surface area contributed by atoms with E-state index in [0.29, 0.717) is 6.54 Å². The van der Waals surface area contributed by atoms with Crippen LogP contribution in [0.1, 0.15) is 38.5 Å². The molecule has 0 atom stereocenters. The van der Waals surface area contributed by atoms with E-state index in [9.17, 15) is 4.79 Å². The maximum Gasteiger partial charge on any atom is 0.268 e. The van der Waals surface area contributed by atoms with Crippen molar-refractivity contribution in [1.82, 2.24) is 9.78 Å². The fourth-order valence-electron chi connectivity index (χ4n) is 2.01. The molecule has 0 radical (unpaired) electrons. The van der Waals surface area contributed by atoms with Crippen LogP contribution in [0.3, 0.4) is 0 Å². The number of aliphatic hydroxyl groups is 1. The summed E-state index contributed by atoms with van der Waals surface area (Å²) in [5.74, 6) is 0.786. The van der Waals surface area contributed by atoms with Gasteiger partial charge in [-0.05, 0) is 31.6 Å². The van der Waals surface area contributed by atoms with Gasteiger partial charge in [0, 0.05) is 25.8 Å². The van der Waals surface area contributed by atoms with Crippen molar-refractivity contribution in [2.45, 2.75) is 45.1 Å². The molecular formula is C14H23N3O2. The third kappa shape index (κ3) is 5.03. The summed E-state index contributed by atoms with van der Waals surface area (Å²) in [5, 5.41) is 16.1. The van der Waals surface area contributed by atoms with Crippen LogP contribution in [0.5, 0.6) is 0 Å². The van der Waals surface area contributed by atoms with E-state index in [-0.39, 0.29) is 12.2 Å². The second-order valence-corrected chi connectivity index (χ2v) is 5.27. The minimum atomic E-state index is -0.0389. The first-order valence-electron chi connectivity index (χ1n) is 7.21. The Morgan fingerprint density at radius 1 is 1.32 bits per heavy atom. The van der Waals surface area contributed by atoms with Crippen molar-refractivity contribution < 1.29 is 5.11 Å². The number of nitrogens with one attached hydrogen (secondary N) is 1. The second-order valence-electron chi connectivity index (χ2n) is 5.27. The lowest BCUT2D eigenvalue weighted by Crippen LogP contribution is -2.23. The molecule has 1 fully saturated rings. The molecule has 1 aliphatic carbocycles. The van der Waals surface area contributed by atoms with Gasteiger partial charge >= 0.3 is 0 Å². The Bertz CT molecular complexity index is 441. The minimum absolute atomic E-state index is 0.0389. The summed E-state index contributed by atoms with van der Waals surface area (Å²) >= 11 is 0. The van der Waals surface area contributed by atoms with Gasteiger partial charge in [0.05, 0.1) is 11.9 Å². The lowest BCUT2D eigenvalue weighted by Gasteiger charge is -2.07. The van der Waals surface area contributed by atoms with Crippen molar-refractivity contribution in [3.63, 3.8) is 0 Å². The van der Waals surface area contributed by atoms with Crippen molar-refractivity contribution in [3.05, 3.63) is 22.6 Å². The van der Waals surface area contributed by atoms with E-state index in [1.807, 2.05) is 0 Å². The Hall–Kier alpha value is -1.36. The summed E-state index contributed by atoms with van der Waals surface area (Å²) < 4.78 is 1.52. The topological polar surface area (TPSA) is 67.2 Å². The first kappa shape index (κ1) is 14.1. The number of nitrogens with zero attached hydrogens (tertiary/aromatic N) is 2. The van der Waals surface area contributed by atoms with Gasteiger partial charge in [-0.15, -0.1) is 0 Å². The summed E-state index contributed by atoms with van der Waals surface area (Å²) in [7, 11) is 0. The van der Waals surface area contributed by atoms with Gasteiger partial charge in [0.25, 0.3) is 5.56 Å². The molecule has 5 heteroatoms. The van der Waals surface area contributed by atoms with E-state index in [2.05, 4.69) is 10.4 Å². The highest BCUT2D eigenvalue weighted by Crippen LogP contribution is 2.28. The summed E-state index contributed by atoms with van der Waals surface area (Å²) in [6, 6.07) is 1.63. The van der Waals surface area contributed by atoms with Gasteiger partial charge in [-0.2, -0.15) is 5.10 Å². The zero-order valence-corrected chi connectivity index (χ0v) is 11.3. The van der Waals surface area contributed by atoms with E-state index in [1.165, 1.54) is 17.5 Å². The van der Waals surface area contributed by atoms with Crippen molar-refractivity contribution in [2.24, 2.45) is 5.92 Å². The van der Waals surface area contributed by atoms with Gasteiger partial charge in [0.2, 0.25) is 0 Å². The maximum atomic E-state index is 11.8. The molecule has 1 heterocycles. The number of anilines is 1. The number of hydrogen-bond donors (Lipinski definition) is 2. The van der Waals surface area contributed by atoms with Gasteiger partial charge in [-0.3, -0.25) is 4.79 Å². The predicted molar refractivity (Wildman–Crippen MR) is 75.3 cm³/mol. The third-order valence-corrected chi connectivity index (χ3v) is 3.44. The summed E-state index contributed by atoms with van der Waals surface area (Å²) in [4.78, 5) is 11.8. The molecule has 2 N–H and O–H groups in total. The highest BCUT2D eigenvalue weighted by molar-refractivity contribution is 5.38. The number of aromatic nitrogens is 2. The monoisotopic (exact) mass is 265 g/mol. The van der Waals surface area contributed by atoms with Gasteiger partial charge in [0.15, 0.2) is 0 Å². The molecule has 106 valence electrons. The first-order chi connectivity index (χ1) is 9.29. The quantitative estimate of drug-likeness (QED) is 0.666. The van der Waals surface area contributed by atoms with Crippen LogP contribution in [-0.2, 0) is 6.54 Å². The van der Waals surface area contributed by atoms with Crippen LogP contribution >= 0.6 is 0 Å². The molecule has 1 aromatic rings. The zero-order chi connectivity index (χ0) is 13.5. The molecule has 0 saturated heterocycles. The fourth-order valence-corrected chi connectivity index (χ4v) is 2.01. The number of rotatable bonds is 9. The second kappa shape index (κ2) is 7.28. The lowest BCUT2D eigenvalue weighted by atomic mass is 10.2. The normalized spacial score (nSPS) is 14.6. The zero-order valence-electron chi connectivity index (χ0n) is 11.3. The molecule has 0 aromatic carbocycles.